The molecule has 17 heavy (non-hydrogen) atoms. The number of piperidine rings is 1. The van der Waals surface area contributed by atoms with E-state index in [1.54, 1.807) is 6.92 Å². The Morgan fingerprint density at radius 3 is 2.18 bits per heavy atom. The van der Waals surface area contributed by atoms with Gasteiger partial charge in [0, 0.05) is 6.42 Å². The van der Waals surface area contributed by atoms with Gasteiger partial charge in [-0.15, -0.1) is 0 Å². The summed E-state index contributed by atoms with van der Waals surface area (Å²) in [6, 6.07) is 0. The predicted octanol–water partition coefficient (Wildman–Crippen LogP) is 1.92. The van der Waals surface area contributed by atoms with E-state index in [-0.39, 0.29) is 5.60 Å². The van der Waals surface area contributed by atoms with E-state index in [2.05, 4.69) is 10.1 Å². The van der Waals surface area contributed by atoms with Gasteiger partial charge in [0.15, 0.2) is 0 Å². The largest absolute Gasteiger partial charge is 0.462 e. The first kappa shape index (κ1) is 16.1. The van der Waals surface area contributed by atoms with Gasteiger partial charge < -0.3 is 14.8 Å². The van der Waals surface area contributed by atoms with Gasteiger partial charge in [0.05, 0.1) is 0 Å². The smallest absolute Gasteiger partial charge is 0.293 e. The van der Waals surface area contributed by atoms with Crippen LogP contribution in [-0.2, 0) is 14.3 Å². The third kappa shape index (κ3) is 11.4. The van der Waals surface area contributed by atoms with Gasteiger partial charge in [0.2, 0.25) is 0 Å². The molecule has 0 aromatic carbocycles. The second kappa shape index (κ2) is 8.23. The minimum atomic E-state index is -0.318. The third-order valence-corrected chi connectivity index (χ3v) is 2.44. The van der Waals surface area contributed by atoms with Crippen molar-refractivity contribution in [2.45, 2.75) is 52.6 Å². The van der Waals surface area contributed by atoms with Crippen molar-refractivity contribution in [2.75, 3.05) is 13.1 Å². The van der Waals surface area contributed by atoms with Crippen LogP contribution in [0.1, 0.15) is 47.0 Å². The number of nitrogens with one attached hydrogen (secondary N) is 1. The van der Waals surface area contributed by atoms with Gasteiger partial charge in [-0.3, -0.25) is 4.79 Å². The molecule has 1 fully saturated rings. The van der Waals surface area contributed by atoms with Crippen molar-refractivity contribution < 1.29 is 14.3 Å². The fraction of sp³-hybridized carbons (Fsp3) is 0.846. The Bertz CT molecular complexity index is 227. The number of carbonyl (C=O) groups excluding carboxylic acids is 2. The van der Waals surface area contributed by atoms with Gasteiger partial charge in [-0.2, -0.15) is 0 Å². The fourth-order valence-corrected chi connectivity index (χ4v) is 1.64. The van der Waals surface area contributed by atoms with Crippen LogP contribution < -0.4 is 5.32 Å². The number of Topliss-reactive ketones (excluding diaryl/α,β-unsaturated/α-hetero) is 1. The van der Waals surface area contributed by atoms with Crippen LogP contribution in [0.5, 0.6) is 0 Å². The van der Waals surface area contributed by atoms with E-state index in [1.807, 2.05) is 20.8 Å². The molecule has 0 atom stereocenters. The van der Waals surface area contributed by atoms with Crippen LogP contribution in [0, 0.1) is 5.92 Å². The Morgan fingerprint density at radius 1 is 1.35 bits per heavy atom. The average molecular weight is 243 g/mol. The second-order valence-corrected chi connectivity index (χ2v) is 5.43. The normalized spacial score (nSPS) is 16.7. The molecule has 0 aromatic heterocycles. The SMILES string of the molecule is CC(=O)CC1CCNCC1.CC(C)(C)OC=O. The van der Waals surface area contributed by atoms with Crippen LogP contribution >= 0.6 is 0 Å². The lowest BCUT2D eigenvalue weighted by Crippen LogP contribution is -2.28. The van der Waals surface area contributed by atoms with Crippen LogP contribution in [0.25, 0.3) is 0 Å². The van der Waals surface area contributed by atoms with Gasteiger partial charge in [-0.25, -0.2) is 0 Å². The van der Waals surface area contributed by atoms with Crippen LogP contribution in [0.4, 0.5) is 0 Å². The molecule has 0 bridgehead atoms. The maximum atomic E-state index is 10.7. The molecule has 1 N–H and O–H groups in total. The molecule has 0 unspecified atom stereocenters. The van der Waals surface area contributed by atoms with E-state index in [9.17, 15) is 9.59 Å². The van der Waals surface area contributed by atoms with Gasteiger partial charge >= 0.3 is 0 Å². The molecule has 4 nitrogen and oxygen atoms in total. The molecule has 0 spiro atoms. The van der Waals surface area contributed by atoms with Crippen LogP contribution in [0.15, 0.2) is 0 Å². The first-order valence-electron chi connectivity index (χ1n) is 6.17. The Labute approximate surface area is 104 Å². The highest BCUT2D eigenvalue weighted by Crippen LogP contribution is 2.15. The summed E-state index contributed by atoms with van der Waals surface area (Å²) >= 11 is 0. The van der Waals surface area contributed by atoms with Crippen molar-refractivity contribution in [1.82, 2.24) is 5.32 Å². The molecule has 100 valence electrons. The third-order valence-electron chi connectivity index (χ3n) is 2.44. The molecular formula is C13H25NO3. The van der Waals surface area contributed by atoms with E-state index >= 15 is 0 Å². The fourth-order valence-electron chi connectivity index (χ4n) is 1.64. The van der Waals surface area contributed by atoms with E-state index in [4.69, 9.17) is 0 Å². The maximum Gasteiger partial charge on any atom is 0.293 e. The Morgan fingerprint density at radius 2 is 1.88 bits per heavy atom. The lowest BCUT2D eigenvalue weighted by Gasteiger charge is -2.20. The number of rotatable bonds is 3. The van der Waals surface area contributed by atoms with Gasteiger partial charge in [0.1, 0.15) is 11.4 Å². The molecule has 1 rings (SSSR count). The van der Waals surface area contributed by atoms with E-state index in [0.29, 0.717) is 18.2 Å². The molecule has 0 radical (unpaired) electrons. The van der Waals surface area contributed by atoms with Crippen molar-refractivity contribution in [3.63, 3.8) is 0 Å². The molecule has 1 aliphatic heterocycles. The van der Waals surface area contributed by atoms with E-state index < -0.39 is 0 Å². The summed E-state index contributed by atoms with van der Waals surface area (Å²) in [6.07, 6.45) is 3.15. The lowest BCUT2D eigenvalue weighted by atomic mass is 9.93. The molecule has 0 aliphatic carbocycles. The lowest BCUT2D eigenvalue weighted by molar-refractivity contribution is -0.138. The number of carbonyl (C=O) groups is 2. The highest BCUT2D eigenvalue weighted by Gasteiger charge is 2.13. The zero-order chi connectivity index (χ0) is 13.3. The summed E-state index contributed by atoms with van der Waals surface area (Å²) in [6.45, 7) is 9.79. The summed E-state index contributed by atoms with van der Waals surface area (Å²) in [4.78, 5) is 20.3. The summed E-state index contributed by atoms with van der Waals surface area (Å²) in [7, 11) is 0. The highest BCUT2D eigenvalue weighted by molar-refractivity contribution is 5.75. The van der Waals surface area contributed by atoms with Crippen molar-refractivity contribution in [3.8, 4) is 0 Å². The van der Waals surface area contributed by atoms with Crippen molar-refractivity contribution in [1.29, 1.82) is 0 Å². The zero-order valence-corrected chi connectivity index (χ0v) is 11.4. The van der Waals surface area contributed by atoms with Crippen molar-refractivity contribution in [3.05, 3.63) is 0 Å². The van der Waals surface area contributed by atoms with Crippen molar-refractivity contribution >= 4 is 12.3 Å². The monoisotopic (exact) mass is 243 g/mol. The first-order valence-corrected chi connectivity index (χ1v) is 6.17. The summed E-state index contributed by atoms with van der Waals surface area (Å²) in [5, 5.41) is 3.28. The van der Waals surface area contributed by atoms with Gasteiger partial charge in [0.25, 0.3) is 6.47 Å². The molecule has 1 heterocycles. The zero-order valence-electron chi connectivity index (χ0n) is 11.4. The number of hydrogen-bond acceptors (Lipinski definition) is 4. The number of hydrogen-bond donors (Lipinski definition) is 1. The first-order chi connectivity index (χ1) is 7.85. The molecule has 1 aliphatic rings. The maximum absolute atomic E-state index is 10.7. The topological polar surface area (TPSA) is 55.4 Å². The average Bonchev–Trinajstić information content (AvgIpc) is 2.17. The molecular weight excluding hydrogens is 218 g/mol. The second-order valence-electron chi connectivity index (χ2n) is 5.43. The highest BCUT2D eigenvalue weighted by atomic mass is 16.5. The van der Waals surface area contributed by atoms with Crippen LogP contribution in [-0.4, -0.2) is 30.9 Å². The quantitative estimate of drug-likeness (QED) is 0.769. The number of ketones is 1. The molecule has 1 saturated heterocycles. The molecule has 0 saturated carbocycles. The van der Waals surface area contributed by atoms with E-state index in [1.165, 1.54) is 12.8 Å². The van der Waals surface area contributed by atoms with Crippen molar-refractivity contribution in [2.24, 2.45) is 5.92 Å². The summed E-state index contributed by atoms with van der Waals surface area (Å²) < 4.78 is 4.55. The molecule has 0 amide bonds. The standard InChI is InChI=1S/C8H15NO.C5H10O2/c1-7(10)6-8-2-4-9-5-3-8;1-5(2,3)7-4-6/h8-9H,2-6H2,1H3;4H,1-3H3. The summed E-state index contributed by atoms with van der Waals surface area (Å²) in [5.41, 5.74) is -0.318. The molecule has 0 aromatic rings. The number of ether oxygens (including phenoxy) is 1. The van der Waals surface area contributed by atoms with Gasteiger partial charge in [-0.05, 0) is 59.5 Å². The predicted molar refractivity (Wildman–Crippen MR) is 67.8 cm³/mol. The minimum Gasteiger partial charge on any atom is -0.462 e. The van der Waals surface area contributed by atoms with Crippen LogP contribution in [0.3, 0.4) is 0 Å². The Kier molecular flexibility index (Phi) is 7.79. The van der Waals surface area contributed by atoms with Crippen LogP contribution in [0.2, 0.25) is 0 Å². The Hall–Kier alpha value is -0.900. The summed E-state index contributed by atoms with van der Waals surface area (Å²) in [5.74, 6) is 1.01. The molecule has 4 heteroatoms. The Balaban J connectivity index is 0.000000325. The van der Waals surface area contributed by atoms with Gasteiger partial charge in [-0.1, -0.05) is 0 Å². The minimum absolute atomic E-state index is 0.318. The van der Waals surface area contributed by atoms with E-state index in [0.717, 1.165) is 19.5 Å².